The lowest BCUT2D eigenvalue weighted by atomic mass is 9.72. The molecule has 1 aromatic heterocycles. The monoisotopic (exact) mass is 453 g/mol. The predicted molar refractivity (Wildman–Crippen MR) is 120 cm³/mol. The zero-order chi connectivity index (χ0) is 19.3. The number of fused-ring (bicyclic) bond motifs is 5. The second-order valence-corrected chi connectivity index (χ2v) is 8.41. The number of imidazole rings is 1. The Morgan fingerprint density at radius 2 is 2.00 bits per heavy atom. The van der Waals surface area contributed by atoms with Gasteiger partial charge in [0.1, 0.15) is 11.9 Å². The highest BCUT2D eigenvalue weighted by Gasteiger charge is 2.50. The molecular formula is C21H29Cl2N5O2. The molecule has 3 fully saturated rings. The summed E-state index contributed by atoms with van der Waals surface area (Å²) in [7, 11) is 1.97. The summed E-state index contributed by atoms with van der Waals surface area (Å²) in [4.78, 5) is 32.5. The molecule has 2 N–H and O–H groups in total. The minimum Gasteiger partial charge on any atom is -0.347 e. The number of nitrogens with zero attached hydrogens (tertiary/aromatic N) is 3. The number of aromatic nitrogens is 2. The van der Waals surface area contributed by atoms with E-state index in [-0.39, 0.29) is 54.6 Å². The maximum atomic E-state index is 13.2. The fourth-order valence-electron chi connectivity index (χ4n) is 5.47. The van der Waals surface area contributed by atoms with E-state index in [9.17, 15) is 9.59 Å². The largest absolute Gasteiger partial charge is 0.347 e. The van der Waals surface area contributed by atoms with Gasteiger partial charge < -0.3 is 20.1 Å². The normalized spacial score (nSPS) is 27.6. The van der Waals surface area contributed by atoms with Crippen molar-refractivity contribution in [2.75, 3.05) is 13.1 Å². The summed E-state index contributed by atoms with van der Waals surface area (Å²) >= 11 is 0. The van der Waals surface area contributed by atoms with Crippen molar-refractivity contribution in [1.29, 1.82) is 0 Å². The molecule has 1 aromatic carbocycles. The second kappa shape index (κ2) is 9.12. The Kier molecular flexibility index (Phi) is 6.95. The van der Waals surface area contributed by atoms with Crippen molar-refractivity contribution >= 4 is 47.7 Å². The number of nitrogens with one attached hydrogen (secondary N) is 2. The van der Waals surface area contributed by atoms with Crippen LogP contribution < -0.4 is 10.6 Å². The highest BCUT2D eigenvalue weighted by Crippen LogP contribution is 2.39. The zero-order valence-corrected chi connectivity index (χ0v) is 18.7. The van der Waals surface area contributed by atoms with E-state index in [0.29, 0.717) is 18.9 Å². The van der Waals surface area contributed by atoms with Gasteiger partial charge in [-0.15, -0.1) is 24.8 Å². The third kappa shape index (κ3) is 3.79. The molecule has 3 aliphatic heterocycles. The molecule has 9 heteroatoms. The first-order valence-corrected chi connectivity index (χ1v) is 10.3. The van der Waals surface area contributed by atoms with Crippen molar-refractivity contribution in [1.82, 2.24) is 25.1 Å². The van der Waals surface area contributed by atoms with Crippen molar-refractivity contribution in [3.05, 3.63) is 30.1 Å². The molecular weight excluding hydrogens is 425 g/mol. The number of halogens is 2. The number of rotatable bonds is 3. The first-order chi connectivity index (χ1) is 13.6. The topological polar surface area (TPSA) is 79.3 Å². The molecule has 30 heavy (non-hydrogen) atoms. The average molecular weight is 454 g/mol. The molecule has 5 rings (SSSR count). The molecule has 164 valence electrons. The van der Waals surface area contributed by atoms with Gasteiger partial charge in [0, 0.05) is 32.0 Å². The summed E-state index contributed by atoms with van der Waals surface area (Å²) in [5.74, 6) is 1.60. The first-order valence-electron chi connectivity index (χ1n) is 10.3. The molecule has 3 saturated heterocycles. The Labute approximate surface area is 188 Å². The summed E-state index contributed by atoms with van der Waals surface area (Å²) in [6, 6.07) is 7.80. The van der Waals surface area contributed by atoms with Crippen molar-refractivity contribution in [2.24, 2.45) is 18.9 Å². The number of amides is 2. The molecule has 0 radical (unpaired) electrons. The van der Waals surface area contributed by atoms with Crippen molar-refractivity contribution in [2.45, 2.75) is 44.3 Å². The van der Waals surface area contributed by atoms with Gasteiger partial charge in [0.15, 0.2) is 0 Å². The number of piperidine rings is 3. The van der Waals surface area contributed by atoms with Crippen LogP contribution >= 0.6 is 24.8 Å². The van der Waals surface area contributed by atoms with Gasteiger partial charge in [0.25, 0.3) is 0 Å². The highest BCUT2D eigenvalue weighted by molar-refractivity contribution is 5.89. The molecule has 2 aromatic rings. The van der Waals surface area contributed by atoms with E-state index in [1.807, 2.05) is 40.8 Å². The zero-order valence-electron chi connectivity index (χ0n) is 17.0. The SMILES string of the molecule is Cl.Cl.Cn1c(CNC(=O)[C@H]2[C@@H]3CNC[C@@H](C3)[C@@H]3CCCC(=O)N32)nc2ccccc21. The summed E-state index contributed by atoms with van der Waals surface area (Å²) in [6.07, 6.45) is 3.55. The van der Waals surface area contributed by atoms with Crippen LogP contribution in [0.4, 0.5) is 0 Å². The van der Waals surface area contributed by atoms with Gasteiger partial charge >= 0.3 is 0 Å². The van der Waals surface area contributed by atoms with Gasteiger partial charge in [-0.25, -0.2) is 4.98 Å². The number of hydrogen-bond donors (Lipinski definition) is 2. The van der Waals surface area contributed by atoms with Crippen LogP contribution in [0.3, 0.4) is 0 Å². The van der Waals surface area contributed by atoms with Crippen LogP contribution in [-0.4, -0.2) is 51.4 Å². The molecule has 4 atom stereocenters. The van der Waals surface area contributed by atoms with Gasteiger partial charge in [0.05, 0.1) is 17.6 Å². The van der Waals surface area contributed by atoms with E-state index in [0.717, 1.165) is 49.2 Å². The smallest absolute Gasteiger partial charge is 0.243 e. The van der Waals surface area contributed by atoms with E-state index >= 15 is 0 Å². The minimum atomic E-state index is -0.364. The Hall–Kier alpha value is -1.83. The maximum absolute atomic E-state index is 13.2. The molecule has 0 saturated carbocycles. The number of carbonyl (C=O) groups excluding carboxylic acids is 2. The molecule has 2 bridgehead atoms. The summed E-state index contributed by atoms with van der Waals surface area (Å²) in [5, 5.41) is 6.57. The lowest BCUT2D eigenvalue weighted by Gasteiger charge is -2.53. The van der Waals surface area contributed by atoms with Gasteiger partial charge in [-0.05, 0) is 43.9 Å². The van der Waals surface area contributed by atoms with E-state index in [2.05, 4.69) is 15.6 Å². The molecule has 0 spiro atoms. The molecule has 3 aliphatic rings. The summed E-state index contributed by atoms with van der Waals surface area (Å²) in [5.41, 5.74) is 1.98. The Morgan fingerprint density at radius 1 is 1.23 bits per heavy atom. The molecule has 0 aliphatic carbocycles. The van der Waals surface area contributed by atoms with Crippen LogP contribution in [0.5, 0.6) is 0 Å². The average Bonchev–Trinajstić information content (AvgIpc) is 3.03. The fraction of sp³-hybridized carbons (Fsp3) is 0.571. The summed E-state index contributed by atoms with van der Waals surface area (Å²) < 4.78 is 2.02. The number of benzene rings is 1. The van der Waals surface area contributed by atoms with Crippen LogP contribution in [0.2, 0.25) is 0 Å². The standard InChI is InChI=1S/C21H27N5O2.2ClH/c1-25-17-6-3-2-5-15(17)24-18(25)12-23-21(28)20-14-9-13(10-22-11-14)16-7-4-8-19(27)26(16)20;;/h2-3,5-6,13-14,16,20,22H,4,7-12H2,1H3,(H,23,28);2*1H/t13-,14+,16+,20-;;/m1../s1. The van der Waals surface area contributed by atoms with Crippen LogP contribution in [-0.2, 0) is 23.2 Å². The Morgan fingerprint density at radius 3 is 2.80 bits per heavy atom. The Bertz CT molecular complexity index is 933. The van der Waals surface area contributed by atoms with Crippen LogP contribution in [0.1, 0.15) is 31.5 Å². The predicted octanol–water partition coefficient (Wildman–Crippen LogP) is 2.02. The first kappa shape index (κ1) is 22.8. The lowest BCUT2D eigenvalue weighted by Crippen LogP contribution is -2.67. The summed E-state index contributed by atoms with van der Waals surface area (Å²) in [6.45, 7) is 2.13. The van der Waals surface area contributed by atoms with Crippen LogP contribution in [0, 0.1) is 11.8 Å². The molecule has 4 heterocycles. The van der Waals surface area contributed by atoms with Gasteiger partial charge in [-0.1, -0.05) is 12.1 Å². The van der Waals surface area contributed by atoms with E-state index in [1.165, 1.54) is 0 Å². The third-order valence-electron chi connectivity index (χ3n) is 6.81. The lowest BCUT2D eigenvalue weighted by molar-refractivity contribution is -0.157. The quantitative estimate of drug-likeness (QED) is 0.744. The van der Waals surface area contributed by atoms with E-state index in [1.54, 1.807) is 0 Å². The third-order valence-corrected chi connectivity index (χ3v) is 6.81. The van der Waals surface area contributed by atoms with Gasteiger partial charge in [-0.3, -0.25) is 9.59 Å². The van der Waals surface area contributed by atoms with Gasteiger partial charge in [-0.2, -0.15) is 0 Å². The fourth-order valence-corrected chi connectivity index (χ4v) is 5.47. The highest BCUT2D eigenvalue weighted by atomic mass is 35.5. The second-order valence-electron chi connectivity index (χ2n) is 8.41. The van der Waals surface area contributed by atoms with Crippen LogP contribution in [0.25, 0.3) is 11.0 Å². The maximum Gasteiger partial charge on any atom is 0.243 e. The van der Waals surface area contributed by atoms with Gasteiger partial charge in [0.2, 0.25) is 11.8 Å². The van der Waals surface area contributed by atoms with E-state index < -0.39 is 0 Å². The Balaban J connectivity index is 0.00000128. The number of para-hydroxylation sites is 2. The van der Waals surface area contributed by atoms with Crippen molar-refractivity contribution < 1.29 is 9.59 Å². The van der Waals surface area contributed by atoms with Crippen molar-refractivity contribution in [3.63, 3.8) is 0 Å². The number of hydrogen-bond acceptors (Lipinski definition) is 4. The number of aryl methyl sites for hydroxylation is 1. The molecule has 7 nitrogen and oxygen atoms in total. The minimum absolute atomic E-state index is 0. The van der Waals surface area contributed by atoms with Crippen LogP contribution in [0.15, 0.2) is 24.3 Å². The van der Waals surface area contributed by atoms with Crippen molar-refractivity contribution in [3.8, 4) is 0 Å². The molecule has 2 amide bonds. The number of carbonyl (C=O) groups is 2. The molecule has 0 unspecified atom stereocenters. The van der Waals surface area contributed by atoms with E-state index in [4.69, 9.17) is 0 Å².